The van der Waals surface area contributed by atoms with Crippen molar-refractivity contribution in [3.63, 3.8) is 0 Å². The maximum atomic E-state index is 13.3. The van der Waals surface area contributed by atoms with Crippen molar-refractivity contribution in [3.8, 4) is 0 Å². The fourth-order valence-electron chi connectivity index (χ4n) is 2.85. The Hall–Kier alpha value is -1.13. The van der Waals surface area contributed by atoms with Crippen LogP contribution in [-0.2, 0) is 10.2 Å². The van der Waals surface area contributed by atoms with Crippen molar-refractivity contribution in [3.05, 3.63) is 34.6 Å². The number of nitrogens with zero attached hydrogens (tertiary/aromatic N) is 1. The first-order chi connectivity index (χ1) is 10.3. The lowest BCUT2D eigenvalue weighted by Gasteiger charge is -2.36. The van der Waals surface area contributed by atoms with E-state index in [-0.39, 0.29) is 16.5 Å². The molecule has 0 unspecified atom stereocenters. The van der Waals surface area contributed by atoms with Gasteiger partial charge in [0.15, 0.2) is 0 Å². The molecule has 0 spiro atoms. The van der Waals surface area contributed by atoms with Gasteiger partial charge in [-0.15, -0.1) is 0 Å². The minimum absolute atomic E-state index is 0.0202. The largest absolute Gasteiger partial charge is 0.349 e. The van der Waals surface area contributed by atoms with Crippen molar-refractivity contribution < 1.29 is 9.18 Å². The van der Waals surface area contributed by atoms with Crippen LogP contribution in [-0.4, -0.2) is 36.0 Å². The molecule has 1 aliphatic carbocycles. The molecule has 0 bridgehead atoms. The Labute approximate surface area is 135 Å². The van der Waals surface area contributed by atoms with E-state index < -0.39 is 11.2 Å². The quantitative estimate of drug-likeness (QED) is 0.902. The second-order valence-corrected chi connectivity index (χ2v) is 7.53. The Kier molecular flexibility index (Phi) is 3.94. The highest BCUT2D eigenvalue weighted by molar-refractivity contribution is 6.30. The standard InChI is InChI=1S/C17H22ClFN2O/c1-16(2,12-4-5-14(19)13(18)10-12)15(22)20-17(6-7-17)11-21-8-3-9-21/h4-5,10H,3,6-9,11H2,1-2H3,(H,20,22). The molecule has 1 aromatic rings. The van der Waals surface area contributed by atoms with Gasteiger partial charge >= 0.3 is 0 Å². The molecule has 1 heterocycles. The smallest absolute Gasteiger partial charge is 0.230 e. The predicted octanol–water partition coefficient (Wildman–Crippen LogP) is 3.11. The first-order valence-corrected chi connectivity index (χ1v) is 8.21. The second kappa shape index (κ2) is 5.50. The van der Waals surface area contributed by atoms with Crippen LogP contribution in [0, 0.1) is 5.82 Å². The highest BCUT2D eigenvalue weighted by Gasteiger charge is 2.48. The van der Waals surface area contributed by atoms with E-state index in [1.165, 1.54) is 12.5 Å². The number of rotatable bonds is 5. The van der Waals surface area contributed by atoms with Gasteiger partial charge in [-0.25, -0.2) is 4.39 Å². The number of nitrogens with one attached hydrogen (secondary N) is 1. The van der Waals surface area contributed by atoms with Gasteiger partial charge in [0.05, 0.1) is 16.0 Å². The first-order valence-electron chi connectivity index (χ1n) is 7.83. The van der Waals surface area contributed by atoms with E-state index in [9.17, 15) is 9.18 Å². The summed E-state index contributed by atoms with van der Waals surface area (Å²) in [6.07, 6.45) is 3.33. The summed E-state index contributed by atoms with van der Waals surface area (Å²) in [5.41, 5.74) is -0.0586. The van der Waals surface area contributed by atoms with Crippen molar-refractivity contribution >= 4 is 17.5 Å². The zero-order valence-corrected chi connectivity index (χ0v) is 13.8. The van der Waals surface area contributed by atoms with E-state index in [1.54, 1.807) is 12.1 Å². The number of likely N-dealkylation sites (tertiary alicyclic amines) is 1. The summed E-state index contributed by atoms with van der Waals surface area (Å²) < 4.78 is 13.3. The number of hydrogen-bond acceptors (Lipinski definition) is 2. The number of carbonyl (C=O) groups excluding carboxylic acids is 1. The third kappa shape index (κ3) is 2.99. The van der Waals surface area contributed by atoms with Crippen molar-refractivity contribution in [1.82, 2.24) is 10.2 Å². The molecule has 1 saturated heterocycles. The van der Waals surface area contributed by atoms with Crippen molar-refractivity contribution in [2.75, 3.05) is 19.6 Å². The summed E-state index contributed by atoms with van der Waals surface area (Å²) in [4.78, 5) is 15.1. The van der Waals surface area contributed by atoms with Crippen LogP contribution in [0.2, 0.25) is 5.02 Å². The summed E-state index contributed by atoms with van der Waals surface area (Å²) in [7, 11) is 0. The Balaban J connectivity index is 1.71. The average Bonchev–Trinajstić information content (AvgIpc) is 3.17. The Morgan fingerprint density at radius 1 is 1.41 bits per heavy atom. The molecule has 120 valence electrons. The van der Waals surface area contributed by atoms with Crippen LogP contribution >= 0.6 is 11.6 Å². The SMILES string of the molecule is CC(C)(C(=O)NC1(CN2CCC2)CC1)c1ccc(F)c(Cl)c1. The molecule has 1 aromatic carbocycles. The van der Waals surface area contributed by atoms with E-state index in [0.29, 0.717) is 0 Å². The summed E-state index contributed by atoms with van der Waals surface area (Å²) in [5, 5.41) is 3.28. The van der Waals surface area contributed by atoms with Crippen molar-refractivity contribution in [2.24, 2.45) is 0 Å². The van der Waals surface area contributed by atoms with E-state index in [2.05, 4.69) is 10.2 Å². The van der Waals surface area contributed by atoms with Gasteiger partial charge in [-0.05, 0) is 63.9 Å². The Morgan fingerprint density at radius 2 is 2.09 bits per heavy atom. The van der Waals surface area contributed by atoms with Crippen molar-refractivity contribution in [1.29, 1.82) is 0 Å². The van der Waals surface area contributed by atoms with Crippen LogP contribution in [0.5, 0.6) is 0 Å². The number of hydrogen-bond donors (Lipinski definition) is 1. The molecule has 1 aliphatic heterocycles. The highest BCUT2D eigenvalue weighted by atomic mass is 35.5. The van der Waals surface area contributed by atoms with Crippen LogP contribution in [0.1, 0.15) is 38.7 Å². The fraction of sp³-hybridized carbons (Fsp3) is 0.588. The lowest BCUT2D eigenvalue weighted by atomic mass is 9.83. The summed E-state index contributed by atoms with van der Waals surface area (Å²) in [5.74, 6) is -0.480. The highest BCUT2D eigenvalue weighted by Crippen LogP contribution is 2.38. The normalized spacial score (nSPS) is 20.4. The number of carbonyl (C=O) groups is 1. The van der Waals surface area contributed by atoms with E-state index in [4.69, 9.17) is 11.6 Å². The van der Waals surface area contributed by atoms with Gasteiger partial charge in [-0.2, -0.15) is 0 Å². The summed E-state index contributed by atoms with van der Waals surface area (Å²) in [6, 6.07) is 4.50. The lowest BCUT2D eigenvalue weighted by Crippen LogP contribution is -2.53. The van der Waals surface area contributed by atoms with Crippen LogP contribution in [0.4, 0.5) is 4.39 Å². The van der Waals surface area contributed by atoms with Crippen LogP contribution < -0.4 is 5.32 Å². The van der Waals surface area contributed by atoms with Crippen LogP contribution in [0.15, 0.2) is 18.2 Å². The van der Waals surface area contributed by atoms with Crippen LogP contribution in [0.3, 0.4) is 0 Å². The summed E-state index contributed by atoms with van der Waals surface area (Å²) >= 11 is 5.85. The number of halogens is 2. The molecule has 2 aliphatic rings. The molecule has 2 fully saturated rings. The topological polar surface area (TPSA) is 32.3 Å². The third-order valence-corrected chi connectivity index (χ3v) is 5.21. The molecule has 1 saturated carbocycles. The van der Waals surface area contributed by atoms with Gasteiger partial charge in [0.2, 0.25) is 5.91 Å². The second-order valence-electron chi connectivity index (χ2n) is 7.12. The third-order valence-electron chi connectivity index (χ3n) is 4.92. The average molecular weight is 325 g/mol. The molecule has 3 rings (SSSR count). The van der Waals surface area contributed by atoms with Gasteiger partial charge in [0, 0.05) is 6.54 Å². The zero-order valence-electron chi connectivity index (χ0n) is 13.1. The minimum Gasteiger partial charge on any atom is -0.349 e. The molecule has 1 amide bonds. The predicted molar refractivity (Wildman–Crippen MR) is 85.6 cm³/mol. The molecule has 0 atom stereocenters. The van der Waals surface area contributed by atoms with E-state index >= 15 is 0 Å². The molecule has 22 heavy (non-hydrogen) atoms. The molecule has 0 aromatic heterocycles. The van der Waals surface area contributed by atoms with Gasteiger partial charge in [-0.3, -0.25) is 4.79 Å². The lowest BCUT2D eigenvalue weighted by molar-refractivity contribution is -0.126. The molecule has 0 radical (unpaired) electrons. The van der Waals surface area contributed by atoms with Gasteiger partial charge < -0.3 is 10.2 Å². The van der Waals surface area contributed by atoms with Gasteiger partial charge in [0.1, 0.15) is 5.82 Å². The van der Waals surface area contributed by atoms with Crippen molar-refractivity contribution in [2.45, 2.75) is 44.1 Å². The van der Waals surface area contributed by atoms with Crippen LogP contribution in [0.25, 0.3) is 0 Å². The maximum absolute atomic E-state index is 13.3. The molecule has 3 nitrogen and oxygen atoms in total. The molecule has 1 N–H and O–H groups in total. The molecular formula is C17H22ClFN2O. The molecule has 5 heteroatoms. The zero-order chi connectivity index (χ0) is 16.0. The number of amides is 1. The van der Waals surface area contributed by atoms with E-state index in [1.807, 2.05) is 13.8 Å². The van der Waals surface area contributed by atoms with Gasteiger partial charge in [0.25, 0.3) is 0 Å². The minimum atomic E-state index is -0.734. The molecular weight excluding hydrogens is 303 g/mol. The summed E-state index contributed by atoms with van der Waals surface area (Å²) in [6.45, 7) is 6.92. The monoisotopic (exact) mass is 324 g/mol. The Morgan fingerprint density at radius 3 is 2.59 bits per heavy atom. The van der Waals surface area contributed by atoms with Gasteiger partial charge in [-0.1, -0.05) is 17.7 Å². The van der Waals surface area contributed by atoms with E-state index in [0.717, 1.165) is 38.0 Å². The number of benzene rings is 1. The fourth-order valence-corrected chi connectivity index (χ4v) is 3.04. The Bertz CT molecular complexity index is 594. The maximum Gasteiger partial charge on any atom is 0.230 e. The first kappa shape index (κ1) is 15.8.